The Morgan fingerprint density at radius 3 is 2.00 bits per heavy atom. The van der Waals surface area contributed by atoms with Gasteiger partial charge in [0.15, 0.2) is 0 Å². The quantitative estimate of drug-likeness (QED) is 0.394. The third-order valence-corrected chi connectivity index (χ3v) is 4.50. The molecule has 0 aromatic heterocycles. The second-order valence-corrected chi connectivity index (χ2v) is 6.70. The Bertz CT molecular complexity index is 486. The molecule has 0 saturated carbocycles. The molecule has 0 heterocycles. The molecule has 0 spiro atoms. The molecule has 1 aromatic carbocycles. The topological polar surface area (TPSA) is 54.4 Å². The molecule has 2 radical (unpaired) electrons. The first-order chi connectivity index (χ1) is 9.55. The summed E-state index contributed by atoms with van der Waals surface area (Å²) < 4.78 is 31.7. The van der Waals surface area contributed by atoms with Gasteiger partial charge in [-0.1, -0.05) is 70.1 Å². The molecule has 0 saturated heterocycles. The predicted octanol–water partition coefficient (Wildman–Crippen LogP) is 4.24. The average Bonchev–Trinajstić information content (AvgIpc) is 2.41. The number of unbranched alkanes of at least 4 members (excludes halogenated alkanes) is 7. The van der Waals surface area contributed by atoms with Crippen molar-refractivity contribution in [3.05, 3.63) is 29.8 Å². The van der Waals surface area contributed by atoms with E-state index in [9.17, 15) is 8.42 Å². The van der Waals surface area contributed by atoms with Gasteiger partial charge in [0.05, 0.1) is 4.90 Å². The minimum absolute atomic E-state index is 0. The normalized spacial score (nSPS) is 11.1. The zero-order valence-corrected chi connectivity index (χ0v) is 16.1. The van der Waals surface area contributed by atoms with Crippen LogP contribution in [0.4, 0.5) is 0 Å². The SMILES string of the molecule is CCCCCCCCCCc1ccccc1S(=O)(=O)O.[Ca]. The van der Waals surface area contributed by atoms with E-state index < -0.39 is 10.1 Å². The smallest absolute Gasteiger partial charge is 0.282 e. The summed E-state index contributed by atoms with van der Waals surface area (Å²) in [5.41, 5.74) is 0.723. The summed E-state index contributed by atoms with van der Waals surface area (Å²) in [5, 5.41) is 0. The van der Waals surface area contributed by atoms with Crippen molar-refractivity contribution in [2.24, 2.45) is 0 Å². The fourth-order valence-corrected chi connectivity index (χ4v) is 3.16. The molecule has 0 fully saturated rings. The van der Waals surface area contributed by atoms with Crippen LogP contribution in [0.1, 0.15) is 63.9 Å². The zero-order valence-electron chi connectivity index (χ0n) is 13.1. The van der Waals surface area contributed by atoms with Crippen LogP contribution < -0.4 is 0 Å². The second-order valence-electron chi connectivity index (χ2n) is 5.31. The molecule has 1 rings (SSSR count). The first-order valence-corrected chi connectivity index (χ1v) is 9.05. The number of aryl methyl sites for hydroxylation is 1. The third-order valence-electron chi connectivity index (χ3n) is 3.55. The van der Waals surface area contributed by atoms with Crippen LogP contribution in [0, 0.1) is 0 Å². The van der Waals surface area contributed by atoms with Gasteiger partial charge in [-0.05, 0) is 24.5 Å². The molecule has 21 heavy (non-hydrogen) atoms. The van der Waals surface area contributed by atoms with Crippen LogP contribution in [-0.2, 0) is 16.5 Å². The van der Waals surface area contributed by atoms with E-state index in [0.29, 0.717) is 6.42 Å². The Morgan fingerprint density at radius 2 is 1.43 bits per heavy atom. The minimum atomic E-state index is -4.09. The van der Waals surface area contributed by atoms with Gasteiger partial charge < -0.3 is 0 Å². The van der Waals surface area contributed by atoms with Gasteiger partial charge in [0.2, 0.25) is 0 Å². The van der Waals surface area contributed by atoms with Crippen LogP contribution in [-0.4, -0.2) is 50.7 Å². The fourth-order valence-electron chi connectivity index (χ4n) is 2.41. The number of rotatable bonds is 10. The number of hydrogen-bond donors (Lipinski definition) is 1. The van der Waals surface area contributed by atoms with Crippen LogP contribution in [0.15, 0.2) is 29.2 Å². The Hall–Kier alpha value is 0.390. The summed E-state index contributed by atoms with van der Waals surface area (Å²) in [4.78, 5) is 0.0583. The molecule has 0 bridgehead atoms. The van der Waals surface area contributed by atoms with E-state index in [1.54, 1.807) is 12.1 Å². The molecule has 0 atom stereocenters. The molecule has 1 aromatic rings. The van der Waals surface area contributed by atoms with Gasteiger partial charge in [0, 0.05) is 37.7 Å². The summed E-state index contributed by atoms with van der Waals surface area (Å²) >= 11 is 0. The first kappa shape index (κ1) is 21.4. The van der Waals surface area contributed by atoms with Crippen molar-refractivity contribution >= 4 is 47.9 Å². The second kappa shape index (κ2) is 11.9. The van der Waals surface area contributed by atoms with Crippen LogP contribution in [0.2, 0.25) is 0 Å². The molecule has 1 N–H and O–H groups in total. The zero-order chi connectivity index (χ0) is 14.8. The van der Waals surface area contributed by atoms with E-state index in [1.807, 2.05) is 6.07 Å². The molecule has 116 valence electrons. The third kappa shape index (κ3) is 9.19. The van der Waals surface area contributed by atoms with Crippen LogP contribution in [0.3, 0.4) is 0 Å². The summed E-state index contributed by atoms with van der Waals surface area (Å²) in [5.74, 6) is 0. The van der Waals surface area contributed by atoms with Crippen LogP contribution >= 0.6 is 0 Å². The molecule has 0 aliphatic rings. The largest absolute Gasteiger partial charge is 0.294 e. The Balaban J connectivity index is 0.00000400. The van der Waals surface area contributed by atoms with Gasteiger partial charge in [-0.15, -0.1) is 0 Å². The number of hydrogen-bond acceptors (Lipinski definition) is 2. The molecule has 0 amide bonds. The van der Waals surface area contributed by atoms with Gasteiger partial charge in [-0.25, -0.2) is 0 Å². The monoisotopic (exact) mass is 338 g/mol. The van der Waals surface area contributed by atoms with Gasteiger partial charge in [-0.3, -0.25) is 4.55 Å². The van der Waals surface area contributed by atoms with Crippen LogP contribution in [0.25, 0.3) is 0 Å². The van der Waals surface area contributed by atoms with Crippen molar-refractivity contribution in [1.29, 1.82) is 0 Å². The van der Waals surface area contributed by atoms with Crippen LogP contribution in [0.5, 0.6) is 0 Å². The number of benzene rings is 1. The Morgan fingerprint density at radius 1 is 0.905 bits per heavy atom. The van der Waals surface area contributed by atoms with E-state index in [-0.39, 0.29) is 42.6 Å². The molecule has 5 heteroatoms. The summed E-state index contributed by atoms with van der Waals surface area (Å²) in [7, 11) is -4.09. The summed E-state index contributed by atoms with van der Waals surface area (Å²) in [6, 6.07) is 6.70. The molecule has 3 nitrogen and oxygen atoms in total. The molecule has 0 aliphatic carbocycles. The van der Waals surface area contributed by atoms with Gasteiger partial charge in [0.25, 0.3) is 10.1 Å². The van der Waals surface area contributed by atoms with Gasteiger partial charge in [0.1, 0.15) is 0 Å². The van der Waals surface area contributed by atoms with Crippen molar-refractivity contribution < 1.29 is 13.0 Å². The Kier molecular flexibility index (Phi) is 12.1. The molecular weight excluding hydrogens is 312 g/mol. The van der Waals surface area contributed by atoms with E-state index in [0.717, 1.165) is 18.4 Å². The molecule has 0 unspecified atom stereocenters. The summed E-state index contributed by atoms with van der Waals surface area (Å²) in [6.07, 6.45) is 10.5. The maximum absolute atomic E-state index is 11.2. The fraction of sp³-hybridized carbons (Fsp3) is 0.625. The maximum Gasteiger partial charge on any atom is 0.294 e. The van der Waals surface area contributed by atoms with E-state index in [4.69, 9.17) is 4.55 Å². The van der Waals surface area contributed by atoms with Crippen molar-refractivity contribution in [3.63, 3.8) is 0 Å². The maximum atomic E-state index is 11.2. The average molecular weight is 339 g/mol. The van der Waals surface area contributed by atoms with Crippen molar-refractivity contribution in [2.45, 2.75) is 69.6 Å². The van der Waals surface area contributed by atoms with Crippen molar-refractivity contribution in [2.75, 3.05) is 0 Å². The molecule has 0 aliphatic heterocycles. The standard InChI is InChI=1S/C16H26O3S.Ca/c1-2-3-4-5-6-7-8-9-12-15-13-10-11-14-16(15)20(17,18)19;/h10-11,13-14H,2-9,12H2,1H3,(H,17,18,19);. The van der Waals surface area contributed by atoms with Crippen molar-refractivity contribution in [3.8, 4) is 0 Å². The molecular formula is C16H26CaO3S. The Labute approximate surface area is 159 Å². The predicted molar refractivity (Wildman–Crippen MR) is 88.3 cm³/mol. The van der Waals surface area contributed by atoms with Gasteiger partial charge >= 0.3 is 0 Å². The summed E-state index contributed by atoms with van der Waals surface area (Å²) in [6.45, 7) is 2.21. The van der Waals surface area contributed by atoms with Gasteiger partial charge in [-0.2, -0.15) is 8.42 Å². The van der Waals surface area contributed by atoms with E-state index >= 15 is 0 Å². The minimum Gasteiger partial charge on any atom is -0.282 e. The van der Waals surface area contributed by atoms with Crippen molar-refractivity contribution in [1.82, 2.24) is 0 Å². The van der Waals surface area contributed by atoms with E-state index in [2.05, 4.69) is 6.92 Å². The van der Waals surface area contributed by atoms with E-state index in [1.165, 1.54) is 44.6 Å². The first-order valence-electron chi connectivity index (χ1n) is 7.61.